The summed E-state index contributed by atoms with van der Waals surface area (Å²) >= 11 is 0. The number of carbonyl (C=O) groups excluding carboxylic acids is 1. The fourth-order valence-electron chi connectivity index (χ4n) is 1.82. The monoisotopic (exact) mass is 164 g/mol. The minimum absolute atomic E-state index is 0.320. The van der Waals surface area contributed by atoms with Crippen LogP contribution in [-0.4, -0.2) is 5.78 Å². The summed E-state index contributed by atoms with van der Waals surface area (Å²) in [5, 5.41) is 0. The highest BCUT2D eigenvalue weighted by Gasteiger charge is 2.26. The molecule has 2 unspecified atom stereocenters. The van der Waals surface area contributed by atoms with Crippen LogP contribution in [0.4, 0.5) is 0 Å². The summed E-state index contributed by atoms with van der Waals surface area (Å²) in [5.41, 5.74) is 0. The van der Waals surface area contributed by atoms with Gasteiger partial charge in [0.15, 0.2) is 0 Å². The molecule has 1 nitrogen and oxygen atoms in total. The number of rotatable bonds is 2. The van der Waals surface area contributed by atoms with Crippen LogP contribution >= 0.6 is 0 Å². The normalized spacial score (nSPS) is 27.8. The summed E-state index contributed by atoms with van der Waals surface area (Å²) < 4.78 is 0. The van der Waals surface area contributed by atoms with Crippen molar-refractivity contribution in [2.75, 3.05) is 0 Å². The second-order valence-electron chi connectivity index (χ2n) is 3.69. The van der Waals surface area contributed by atoms with Gasteiger partial charge >= 0.3 is 0 Å². The molecule has 1 aliphatic rings. The quantitative estimate of drug-likeness (QED) is 0.573. The van der Waals surface area contributed by atoms with Crippen LogP contribution in [0.15, 0.2) is 0 Å². The molecule has 12 heavy (non-hydrogen) atoms. The summed E-state index contributed by atoms with van der Waals surface area (Å²) in [6.07, 6.45) is 3.86. The number of Topliss-reactive ketones (excluding diaryl/α,β-unsaturated/α-hetero) is 1. The first kappa shape index (κ1) is 9.32. The van der Waals surface area contributed by atoms with E-state index in [1.165, 1.54) is 6.42 Å². The third-order valence-corrected chi connectivity index (χ3v) is 2.59. The van der Waals surface area contributed by atoms with E-state index in [1.807, 2.05) is 0 Å². The number of hydrogen-bond acceptors (Lipinski definition) is 1. The van der Waals surface area contributed by atoms with E-state index in [0.29, 0.717) is 18.1 Å². The molecule has 1 saturated carbocycles. The molecule has 0 heterocycles. The number of ketones is 1. The van der Waals surface area contributed by atoms with E-state index in [2.05, 4.69) is 18.8 Å². The van der Waals surface area contributed by atoms with Gasteiger partial charge in [-0.25, -0.2) is 0 Å². The van der Waals surface area contributed by atoms with E-state index in [4.69, 9.17) is 0 Å². The van der Waals surface area contributed by atoms with Crippen LogP contribution in [0.5, 0.6) is 0 Å². The molecule has 0 aromatic carbocycles. The molecule has 1 fully saturated rings. The maximum Gasteiger partial charge on any atom is 0.147 e. The maximum atomic E-state index is 11.4. The van der Waals surface area contributed by atoms with Crippen LogP contribution in [0.1, 0.15) is 39.5 Å². The molecule has 0 aromatic heterocycles. The summed E-state index contributed by atoms with van der Waals surface area (Å²) in [5.74, 6) is 7.02. The van der Waals surface area contributed by atoms with Gasteiger partial charge in [-0.1, -0.05) is 12.8 Å². The fraction of sp³-hybridized carbons (Fsp3) is 0.727. The van der Waals surface area contributed by atoms with Gasteiger partial charge in [0.1, 0.15) is 5.78 Å². The second-order valence-corrected chi connectivity index (χ2v) is 3.69. The average molecular weight is 164 g/mol. The minimum Gasteiger partial charge on any atom is -0.298 e. The van der Waals surface area contributed by atoms with Crippen molar-refractivity contribution in [3.05, 3.63) is 0 Å². The largest absolute Gasteiger partial charge is 0.298 e. The van der Waals surface area contributed by atoms with Crippen molar-refractivity contribution in [3.63, 3.8) is 0 Å². The lowest BCUT2D eigenvalue weighted by atomic mass is 9.99. The van der Waals surface area contributed by atoms with Gasteiger partial charge in [0.25, 0.3) is 0 Å². The Labute approximate surface area is 74.5 Å². The molecule has 0 aliphatic heterocycles. The van der Waals surface area contributed by atoms with Crippen molar-refractivity contribution < 1.29 is 4.79 Å². The lowest BCUT2D eigenvalue weighted by Crippen LogP contribution is -2.09. The number of carbonyl (C=O) groups is 1. The molecule has 66 valence electrons. The fourth-order valence-corrected chi connectivity index (χ4v) is 1.82. The van der Waals surface area contributed by atoms with Crippen LogP contribution < -0.4 is 0 Å². The molecule has 1 aliphatic carbocycles. The zero-order chi connectivity index (χ0) is 8.97. The van der Waals surface area contributed by atoms with E-state index in [1.54, 1.807) is 6.92 Å². The zero-order valence-corrected chi connectivity index (χ0v) is 7.89. The van der Waals surface area contributed by atoms with Crippen molar-refractivity contribution in [1.29, 1.82) is 0 Å². The van der Waals surface area contributed by atoms with Crippen molar-refractivity contribution in [2.45, 2.75) is 39.5 Å². The van der Waals surface area contributed by atoms with Crippen LogP contribution in [-0.2, 0) is 4.79 Å². The predicted molar refractivity (Wildman–Crippen MR) is 49.6 cm³/mol. The van der Waals surface area contributed by atoms with E-state index >= 15 is 0 Å². The molecule has 1 rings (SSSR count). The highest BCUT2D eigenvalue weighted by Crippen LogP contribution is 2.31. The predicted octanol–water partition coefficient (Wildman–Crippen LogP) is 2.41. The van der Waals surface area contributed by atoms with Crippen molar-refractivity contribution in [1.82, 2.24) is 0 Å². The van der Waals surface area contributed by atoms with Crippen LogP contribution in [0.25, 0.3) is 0 Å². The van der Waals surface area contributed by atoms with Gasteiger partial charge in [-0.3, -0.25) is 4.79 Å². The van der Waals surface area contributed by atoms with Crippen molar-refractivity contribution >= 4 is 5.78 Å². The van der Waals surface area contributed by atoms with Gasteiger partial charge < -0.3 is 0 Å². The first-order chi connectivity index (χ1) is 5.74. The molecule has 0 aromatic rings. The Hall–Kier alpha value is -0.770. The molecule has 0 amide bonds. The Balaban J connectivity index is 2.36. The molecule has 0 N–H and O–H groups in total. The molecule has 0 radical (unpaired) electrons. The molecule has 2 atom stereocenters. The Morgan fingerprint density at radius 1 is 1.50 bits per heavy atom. The molecule has 1 heteroatoms. The molecule has 0 saturated heterocycles. The van der Waals surface area contributed by atoms with Crippen molar-refractivity contribution in [2.24, 2.45) is 11.8 Å². The van der Waals surface area contributed by atoms with E-state index in [0.717, 1.165) is 18.8 Å². The van der Waals surface area contributed by atoms with Crippen LogP contribution in [0.2, 0.25) is 0 Å². The zero-order valence-electron chi connectivity index (χ0n) is 7.89. The number of hydrogen-bond donors (Lipinski definition) is 0. The summed E-state index contributed by atoms with van der Waals surface area (Å²) in [6, 6.07) is 0. The van der Waals surface area contributed by atoms with Gasteiger partial charge in [-0.05, 0) is 32.1 Å². The van der Waals surface area contributed by atoms with Crippen molar-refractivity contribution in [3.8, 4) is 11.8 Å². The standard InChI is InChI=1S/C11H16O/c1-3-4-5-11(12)10-7-6-9(2)8-10/h9-10H,5-8H2,1-2H3. The Morgan fingerprint density at radius 3 is 2.75 bits per heavy atom. The lowest BCUT2D eigenvalue weighted by Gasteiger charge is -2.04. The summed E-state index contributed by atoms with van der Waals surface area (Å²) in [4.78, 5) is 11.4. The third kappa shape index (κ3) is 2.37. The topological polar surface area (TPSA) is 17.1 Å². The SMILES string of the molecule is CC#CCC(=O)C1CCC(C)C1. The highest BCUT2D eigenvalue weighted by molar-refractivity contribution is 5.83. The van der Waals surface area contributed by atoms with Gasteiger partial charge in [0, 0.05) is 5.92 Å². The third-order valence-electron chi connectivity index (χ3n) is 2.59. The van der Waals surface area contributed by atoms with Gasteiger partial charge in [-0.2, -0.15) is 0 Å². The molecular formula is C11H16O. The van der Waals surface area contributed by atoms with E-state index in [-0.39, 0.29) is 0 Å². The first-order valence-electron chi connectivity index (χ1n) is 4.66. The van der Waals surface area contributed by atoms with Crippen LogP contribution in [0.3, 0.4) is 0 Å². The maximum absolute atomic E-state index is 11.4. The van der Waals surface area contributed by atoms with E-state index < -0.39 is 0 Å². The van der Waals surface area contributed by atoms with E-state index in [9.17, 15) is 4.79 Å². The van der Waals surface area contributed by atoms with Crippen LogP contribution in [0, 0.1) is 23.7 Å². The summed E-state index contributed by atoms with van der Waals surface area (Å²) in [7, 11) is 0. The van der Waals surface area contributed by atoms with Gasteiger partial charge in [0.05, 0.1) is 6.42 Å². The lowest BCUT2D eigenvalue weighted by molar-refractivity contribution is -0.121. The molecule has 0 bridgehead atoms. The minimum atomic E-state index is 0.320. The Bertz CT molecular complexity index is 219. The molecule has 0 spiro atoms. The Morgan fingerprint density at radius 2 is 2.25 bits per heavy atom. The first-order valence-corrected chi connectivity index (χ1v) is 4.66. The smallest absolute Gasteiger partial charge is 0.147 e. The second kappa shape index (κ2) is 4.30. The van der Waals surface area contributed by atoms with Gasteiger partial charge in [0.2, 0.25) is 0 Å². The molecular weight excluding hydrogens is 148 g/mol. The highest BCUT2D eigenvalue weighted by atomic mass is 16.1. The average Bonchev–Trinajstić information content (AvgIpc) is 2.47. The Kier molecular flexibility index (Phi) is 3.34. The van der Waals surface area contributed by atoms with Gasteiger partial charge in [-0.15, -0.1) is 5.92 Å². The summed E-state index contributed by atoms with van der Waals surface area (Å²) in [6.45, 7) is 4.00.